The molecule has 9 heteroatoms. The van der Waals surface area contributed by atoms with Crippen molar-refractivity contribution in [1.82, 2.24) is 25.2 Å². The minimum atomic E-state index is -0.104. The molecule has 9 nitrogen and oxygen atoms in total. The number of anilines is 1. The maximum atomic E-state index is 12.4. The number of hydrogen-bond donors (Lipinski definition) is 2. The van der Waals surface area contributed by atoms with Gasteiger partial charge in [-0.05, 0) is 26.2 Å². The quantitative estimate of drug-likeness (QED) is 0.585. The number of pyridine rings is 1. The molecule has 1 aliphatic rings. The normalized spacial score (nSPS) is 14.9. The summed E-state index contributed by atoms with van der Waals surface area (Å²) in [4.78, 5) is 17.3. The van der Waals surface area contributed by atoms with Gasteiger partial charge in [0.05, 0.1) is 29.4 Å². The summed E-state index contributed by atoms with van der Waals surface area (Å²) >= 11 is 0. The Balaban J connectivity index is 1.64. The van der Waals surface area contributed by atoms with Crippen molar-refractivity contribution in [2.45, 2.75) is 58.7 Å². The van der Waals surface area contributed by atoms with E-state index in [1.807, 2.05) is 10.9 Å². The number of nitrogens with one attached hydrogen (secondary N) is 2. The smallest absolute Gasteiger partial charge is 0.226 e. The van der Waals surface area contributed by atoms with Gasteiger partial charge in [-0.25, -0.2) is 9.67 Å². The molecule has 30 heavy (non-hydrogen) atoms. The Morgan fingerprint density at radius 1 is 1.30 bits per heavy atom. The average molecular weight is 412 g/mol. The third kappa shape index (κ3) is 4.30. The summed E-state index contributed by atoms with van der Waals surface area (Å²) in [6.07, 6.45) is 6.19. The summed E-state index contributed by atoms with van der Waals surface area (Å²) in [7, 11) is 0. The van der Waals surface area contributed by atoms with Gasteiger partial charge in [0.15, 0.2) is 5.65 Å². The minimum absolute atomic E-state index is 0.104. The number of carbonyl (C=O) groups is 1. The van der Waals surface area contributed by atoms with Crippen LogP contribution in [0, 0.1) is 0 Å². The molecule has 1 amide bonds. The van der Waals surface area contributed by atoms with E-state index in [0.717, 1.165) is 67.0 Å². The van der Waals surface area contributed by atoms with Crippen LogP contribution in [0.25, 0.3) is 11.0 Å². The summed E-state index contributed by atoms with van der Waals surface area (Å²) in [5.41, 5.74) is 4.49. The van der Waals surface area contributed by atoms with E-state index in [9.17, 15) is 4.79 Å². The molecule has 0 atom stereocenters. The second-order valence-electron chi connectivity index (χ2n) is 7.44. The van der Waals surface area contributed by atoms with Crippen LogP contribution in [0.1, 0.15) is 43.6 Å². The topological polar surface area (TPSA) is 107 Å². The van der Waals surface area contributed by atoms with Gasteiger partial charge in [-0.3, -0.25) is 4.79 Å². The SMILES string of the molecule is CCc1nc2c(cnn2CC)c(NC2CCOCC2)c1CNC(=O)Cc1ccon1. The van der Waals surface area contributed by atoms with Gasteiger partial charge in [0.2, 0.25) is 5.91 Å². The first kappa shape index (κ1) is 20.3. The molecule has 1 saturated heterocycles. The van der Waals surface area contributed by atoms with Crippen LogP contribution in [0.2, 0.25) is 0 Å². The third-order valence-electron chi connectivity index (χ3n) is 5.47. The molecule has 0 spiro atoms. The molecule has 1 aliphatic heterocycles. The van der Waals surface area contributed by atoms with Crippen LogP contribution in [-0.4, -0.2) is 45.1 Å². The lowest BCUT2D eigenvalue weighted by molar-refractivity contribution is -0.120. The molecular formula is C21H28N6O3. The van der Waals surface area contributed by atoms with Crippen molar-refractivity contribution in [3.63, 3.8) is 0 Å². The van der Waals surface area contributed by atoms with Crippen molar-refractivity contribution in [3.05, 3.63) is 35.5 Å². The zero-order valence-corrected chi connectivity index (χ0v) is 17.5. The fraction of sp³-hybridized carbons (Fsp3) is 0.524. The van der Waals surface area contributed by atoms with Crippen LogP contribution in [0.4, 0.5) is 5.69 Å². The van der Waals surface area contributed by atoms with Gasteiger partial charge < -0.3 is 19.9 Å². The first-order chi connectivity index (χ1) is 14.7. The van der Waals surface area contributed by atoms with Crippen molar-refractivity contribution in [3.8, 4) is 0 Å². The molecule has 4 rings (SSSR count). The lowest BCUT2D eigenvalue weighted by Crippen LogP contribution is -2.30. The van der Waals surface area contributed by atoms with E-state index >= 15 is 0 Å². The maximum Gasteiger partial charge on any atom is 0.226 e. The molecule has 3 aromatic rings. The first-order valence-corrected chi connectivity index (χ1v) is 10.6. The summed E-state index contributed by atoms with van der Waals surface area (Å²) in [6.45, 7) is 6.80. The number of aromatic nitrogens is 4. The summed E-state index contributed by atoms with van der Waals surface area (Å²) in [5, 5.41) is 16.1. The Bertz CT molecular complexity index is 992. The third-order valence-corrected chi connectivity index (χ3v) is 5.47. The Labute approximate surface area is 175 Å². The molecule has 1 fully saturated rings. The second-order valence-corrected chi connectivity index (χ2v) is 7.44. The fourth-order valence-corrected chi connectivity index (χ4v) is 3.84. The number of ether oxygens (including phenoxy) is 1. The van der Waals surface area contributed by atoms with Gasteiger partial charge in [0.25, 0.3) is 0 Å². The van der Waals surface area contributed by atoms with Crippen LogP contribution in [-0.2, 0) is 35.5 Å². The van der Waals surface area contributed by atoms with Gasteiger partial charge >= 0.3 is 0 Å². The van der Waals surface area contributed by atoms with Gasteiger partial charge in [0.1, 0.15) is 6.26 Å². The Hall–Kier alpha value is -2.94. The Morgan fingerprint density at radius 2 is 2.13 bits per heavy atom. The van der Waals surface area contributed by atoms with Crippen molar-refractivity contribution >= 4 is 22.6 Å². The number of carbonyl (C=O) groups excluding carboxylic acids is 1. The number of rotatable bonds is 8. The Kier molecular flexibility index (Phi) is 6.27. The highest BCUT2D eigenvalue weighted by atomic mass is 16.5. The molecule has 0 unspecified atom stereocenters. The fourth-order valence-electron chi connectivity index (χ4n) is 3.84. The van der Waals surface area contributed by atoms with E-state index in [1.54, 1.807) is 6.07 Å². The summed E-state index contributed by atoms with van der Waals surface area (Å²) < 4.78 is 12.2. The van der Waals surface area contributed by atoms with E-state index in [0.29, 0.717) is 18.3 Å². The highest BCUT2D eigenvalue weighted by molar-refractivity contribution is 5.92. The lowest BCUT2D eigenvalue weighted by atomic mass is 10.0. The Morgan fingerprint density at radius 3 is 2.83 bits per heavy atom. The predicted molar refractivity (Wildman–Crippen MR) is 112 cm³/mol. The molecule has 0 aromatic carbocycles. The predicted octanol–water partition coefficient (Wildman–Crippen LogP) is 2.45. The first-order valence-electron chi connectivity index (χ1n) is 10.6. The van der Waals surface area contributed by atoms with Crippen molar-refractivity contribution in [2.75, 3.05) is 18.5 Å². The van der Waals surface area contributed by atoms with E-state index in [-0.39, 0.29) is 12.3 Å². The maximum absolute atomic E-state index is 12.4. The van der Waals surface area contributed by atoms with Crippen LogP contribution in [0.15, 0.2) is 23.0 Å². The van der Waals surface area contributed by atoms with Crippen molar-refractivity contribution in [2.24, 2.45) is 0 Å². The van der Waals surface area contributed by atoms with Gasteiger partial charge in [-0.2, -0.15) is 5.10 Å². The number of aryl methyl sites for hydroxylation is 2. The molecule has 3 aromatic heterocycles. The molecule has 0 saturated carbocycles. The lowest BCUT2D eigenvalue weighted by Gasteiger charge is -2.26. The van der Waals surface area contributed by atoms with Crippen LogP contribution in [0.3, 0.4) is 0 Å². The zero-order valence-electron chi connectivity index (χ0n) is 17.5. The van der Waals surface area contributed by atoms with Crippen molar-refractivity contribution < 1.29 is 14.1 Å². The standard InChI is InChI=1S/C21H28N6O3/c1-3-18-16(12-22-19(28)11-15-7-10-30-26-15)20(24-14-5-8-29-9-6-14)17-13-23-27(4-2)21(17)25-18/h7,10,13-14H,3-6,8-9,11-12H2,1-2H3,(H,22,28)(H,24,25). The molecule has 2 N–H and O–H groups in total. The molecule has 4 heterocycles. The van der Waals surface area contributed by atoms with Crippen molar-refractivity contribution in [1.29, 1.82) is 0 Å². The van der Waals surface area contributed by atoms with Gasteiger partial charge in [-0.15, -0.1) is 0 Å². The number of hydrogen-bond acceptors (Lipinski definition) is 7. The highest BCUT2D eigenvalue weighted by Gasteiger charge is 2.22. The minimum Gasteiger partial charge on any atom is -0.381 e. The summed E-state index contributed by atoms with van der Waals surface area (Å²) in [6, 6.07) is 2.02. The van der Waals surface area contributed by atoms with E-state index in [2.05, 4.69) is 34.7 Å². The van der Waals surface area contributed by atoms with Crippen LogP contribution < -0.4 is 10.6 Å². The largest absolute Gasteiger partial charge is 0.381 e. The molecule has 160 valence electrons. The monoisotopic (exact) mass is 412 g/mol. The molecule has 0 radical (unpaired) electrons. The van der Waals surface area contributed by atoms with Gasteiger partial charge in [-0.1, -0.05) is 12.1 Å². The molecular weight excluding hydrogens is 384 g/mol. The number of fused-ring (bicyclic) bond motifs is 1. The van der Waals surface area contributed by atoms with Crippen LogP contribution >= 0.6 is 0 Å². The molecule has 0 aliphatic carbocycles. The highest BCUT2D eigenvalue weighted by Crippen LogP contribution is 2.31. The van der Waals surface area contributed by atoms with E-state index in [1.165, 1.54) is 6.26 Å². The van der Waals surface area contributed by atoms with E-state index in [4.69, 9.17) is 14.2 Å². The van der Waals surface area contributed by atoms with E-state index < -0.39 is 0 Å². The average Bonchev–Trinajstić information content (AvgIpc) is 3.42. The number of amides is 1. The van der Waals surface area contributed by atoms with Gasteiger partial charge in [0, 0.05) is 49.7 Å². The van der Waals surface area contributed by atoms with Crippen LogP contribution in [0.5, 0.6) is 0 Å². The molecule has 0 bridgehead atoms. The number of nitrogens with zero attached hydrogens (tertiary/aromatic N) is 4. The second kappa shape index (κ2) is 9.25. The summed E-state index contributed by atoms with van der Waals surface area (Å²) in [5.74, 6) is -0.104. The zero-order chi connectivity index (χ0) is 20.9.